The van der Waals surface area contributed by atoms with E-state index < -0.39 is 0 Å². The number of hydrogen-bond donors (Lipinski definition) is 0. The van der Waals surface area contributed by atoms with Crippen molar-refractivity contribution in [2.45, 2.75) is 13.3 Å². The number of hydrogen-bond acceptors (Lipinski definition) is 1. The lowest BCUT2D eigenvalue weighted by molar-refractivity contribution is 1.12. The van der Waals surface area contributed by atoms with Crippen LogP contribution in [0.1, 0.15) is 12.5 Å². The molecule has 88 valence electrons. The molecular weight excluding hydrogens is 218 g/mol. The van der Waals surface area contributed by atoms with E-state index in [4.69, 9.17) is 4.98 Å². The number of fused-ring (bicyclic) bond motifs is 1. The molecule has 0 fully saturated rings. The van der Waals surface area contributed by atoms with Crippen LogP contribution in [-0.4, -0.2) is 4.98 Å². The Bertz CT molecular complexity index is 672. The van der Waals surface area contributed by atoms with Gasteiger partial charge in [0.05, 0.1) is 11.2 Å². The van der Waals surface area contributed by atoms with Gasteiger partial charge in [-0.2, -0.15) is 0 Å². The van der Waals surface area contributed by atoms with Crippen LogP contribution in [0.2, 0.25) is 0 Å². The van der Waals surface area contributed by atoms with Crippen molar-refractivity contribution < 1.29 is 0 Å². The molecule has 2 aromatic carbocycles. The quantitative estimate of drug-likeness (QED) is 0.636. The summed E-state index contributed by atoms with van der Waals surface area (Å²) in [6, 6.07) is 20.9. The van der Waals surface area contributed by atoms with Crippen LogP contribution in [0.15, 0.2) is 60.7 Å². The fourth-order valence-corrected chi connectivity index (χ4v) is 2.28. The lowest BCUT2D eigenvalue weighted by atomic mass is 10.0. The molecule has 0 saturated carbocycles. The minimum atomic E-state index is 1.00. The zero-order chi connectivity index (χ0) is 12.4. The van der Waals surface area contributed by atoms with Crippen molar-refractivity contribution in [2.75, 3.05) is 0 Å². The van der Waals surface area contributed by atoms with E-state index in [0.29, 0.717) is 0 Å². The topological polar surface area (TPSA) is 12.9 Å². The Kier molecular flexibility index (Phi) is 2.81. The van der Waals surface area contributed by atoms with E-state index in [0.717, 1.165) is 17.6 Å². The molecule has 3 aromatic rings. The van der Waals surface area contributed by atoms with Gasteiger partial charge < -0.3 is 0 Å². The lowest BCUT2D eigenvalue weighted by Gasteiger charge is -2.09. The van der Waals surface area contributed by atoms with Crippen LogP contribution >= 0.6 is 0 Å². The highest BCUT2D eigenvalue weighted by atomic mass is 14.7. The number of aromatic nitrogens is 1. The minimum Gasteiger partial charge on any atom is -0.248 e. The molecule has 1 nitrogen and oxygen atoms in total. The monoisotopic (exact) mass is 233 g/mol. The second-order valence-electron chi connectivity index (χ2n) is 4.41. The van der Waals surface area contributed by atoms with Crippen LogP contribution in [0.4, 0.5) is 0 Å². The van der Waals surface area contributed by atoms with Crippen molar-refractivity contribution in [2.24, 2.45) is 0 Å². The molecule has 0 aliphatic rings. The first-order valence-electron chi connectivity index (χ1n) is 6.32. The van der Waals surface area contributed by atoms with Crippen molar-refractivity contribution in [1.82, 2.24) is 4.98 Å². The third-order valence-corrected chi connectivity index (χ3v) is 3.23. The normalized spacial score (nSPS) is 10.7. The summed E-state index contributed by atoms with van der Waals surface area (Å²) in [5, 5.41) is 1.22. The number of benzene rings is 2. The molecule has 0 aliphatic carbocycles. The van der Waals surface area contributed by atoms with Gasteiger partial charge in [-0.05, 0) is 24.1 Å². The van der Waals surface area contributed by atoms with Crippen LogP contribution in [0.5, 0.6) is 0 Å². The van der Waals surface area contributed by atoms with Crippen LogP contribution in [0, 0.1) is 0 Å². The summed E-state index contributed by atoms with van der Waals surface area (Å²) in [5.74, 6) is 0. The van der Waals surface area contributed by atoms with Gasteiger partial charge in [-0.3, -0.25) is 0 Å². The molecule has 0 radical (unpaired) electrons. The van der Waals surface area contributed by atoms with Gasteiger partial charge in [0.2, 0.25) is 0 Å². The molecule has 0 saturated heterocycles. The minimum absolute atomic E-state index is 1.00. The number of aryl methyl sites for hydroxylation is 1. The van der Waals surface area contributed by atoms with Crippen LogP contribution in [-0.2, 0) is 6.42 Å². The highest BCUT2D eigenvalue weighted by Crippen LogP contribution is 2.25. The van der Waals surface area contributed by atoms with Crippen molar-refractivity contribution in [1.29, 1.82) is 0 Å². The second-order valence-corrected chi connectivity index (χ2v) is 4.41. The molecule has 0 amide bonds. The Morgan fingerprint density at radius 3 is 2.39 bits per heavy atom. The summed E-state index contributed by atoms with van der Waals surface area (Å²) < 4.78 is 0. The van der Waals surface area contributed by atoms with E-state index in [9.17, 15) is 0 Å². The molecule has 0 bridgehead atoms. The fourth-order valence-electron chi connectivity index (χ4n) is 2.28. The number of pyridine rings is 1. The molecule has 18 heavy (non-hydrogen) atoms. The molecule has 1 aromatic heterocycles. The molecule has 1 heterocycles. The first-order chi connectivity index (χ1) is 8.88. The maximum atomic E-state index is 4.82. The number of rotatable bonds is 2. The summed E-state index contributed by atoms with van der Waals surface area (Å²) in [4.78, 5) is 4.82. The molecular formula is C17H15N. The van der Waals surface area contributed by atoms with Crippen LogP contribution < -0.4 is 0 Å². The second kappa shape index (κ2) is 4.61. The summed E-state index contributed by atoms with van der Waals surface area (Å²) in [6.45, 7) is 2.18. The third-order valence-electron chi connectivity index (χ3n) is 3.23. The van der Waals surface area contributed by atoms with E-state index in [1.165, 1.54) is 16.5 Å². The smallest absolute Gasteiger partial charge is 0.0741 e. The summed E-state index contributed by atoms with van der Waals surface area (Å²) in [6.07, 6.45) is 1.00. The molecule has 0 spiro atoms. The Balaban J connectivity index is 2.27. The van der Waals surface area contributed by atoms with Crippen molar-refractivity contribution in [3.05, 3.63) is 66.2 Å². The summed E-state index contributed by atoms with van der Waals surface area (Å²) in [7, 11) is 0. The van der Waals surface area contributed by atoms with Gasteiger partial charge in [-0.15, -0.1) is 0 Å². The SMILES string of the molecule is CCc1cc2ccccc2nc1-c1ccccc1. The average molecular weight is 233 g/mol. The van der Waals surface area contributed by atoms with Gasteiger partial charge in [0.15, 0.2) is 0 Å². The largest absolute Gasteiger partial charge is 0.248 e. The Morgan fingerprint density at radius 1 is 0.889 bits per heavy atom. The standard InChI is InChI=1S/C17H15N/c1-2-13-12-15-10-6-7-11-16(15)18-17(13)14-8-4-3-5-9-14/h3-12H,2H2,1H3. The molecule has 0 atom stereocenters. The van der Waals surface area contributed by atoms with E-state index in [2.05, 4.69) is 55.5 Å². The molecule has 0 aliphatic heterocycles. The summed E-state index contributed by atoms with van der Waals surface area (Å²) in [5.41, 5.74) is 4.67. The third kappa shape index (κ3) is 1.88. The molecule has 0 unspecified atom stereocenters. The first-order valence-corrected chi connectivity index (χ1v) is 6.32. The fraction of sp³-hybridized carbons (Fsp3) is 0.118. The highest BCUT2D eigenvalue weighted by molar-refractivity contribution is 5.83. The van der Waals surface area contributed by atoms with Gasteiger partial charge in [0.25, 0.3) is 0 Å². The summed E-state index contributed by atoms with van der Waals surface area (Å²) >= 11 is 0. The van der Waals surface area contributed by atoms with Crippen molar-refractivity contribution >= 4 is 10.9 Å². The van der Waals surface area contributed by atoms with Gasteiger partial charge >= 0.3 is 0 Å². The van der Waals surface area contributed by atoms with Crippen LogP contribution in [0.25, 0.3) is 22.2 Å². The van der Waals surface area contributed by atoms with E-state index >= 15 is 0 Å². The number of para-hydroxylation sites is 1. The van der Waals surface area contributed by atoms with Gasteiger partial charge in [0.1, 0.15) is 0 Å². The lowest BCUT2D eigenvalue weighted by Crippen LogP contribution is -1.93. The first kappa shape index (κ1) is 11.0. The molecule has 1 heteroatoms. The van der Waals surface area contributed by atoms with E-state index in [1.807, 2.05) is 12.1 Å². The maximum absolute atomic E-state index is 4.82. The maximum Gasteiger partial charge on any atom is 0.0741 e. The Labute approximate surface area is 107 Å². The highest BCUT2D eigenvalue weighted by Gasteiger charge is 2.07. The number of nitrogens with zero attached hydrogens (tertiary/aromatic N) is 1. The zero-order valence-electron chi connectivity index (χ0n) is 10.4. The van der Waals surface area contributed by atoms with E-state index in [-0.39, 0.29) is 0 Å². The molecule has 3 rings (SSSR count). The predicted molar refractivity (Wildman–Crippen MR) is 76.6 cm³/mol. The average Bonchev–Trinajstić information content (AvgIpc) is 2.46. The van der Waals surface area contributed by atoms with Gasteiger partial charge in [-0.1, -0.05) is 55.5 Å². The molecule has 0 N–H and O–H groups in total. The van der Waals surface area contributed by atoms with Gasteiger partial charge in [-0.25, -0.2) is 4.98 Å². The van der Waals surface area contributed by atoms with E-state index in [1.54, 1.807) is 0 Å². The Hall–Kier alpha value is -2.15. The van der Waals surface area contributed by atoms with Crippen molar-refractivity contribution in [3.8, 4) is 11.3 Å². The van der Waals surface area contributed by atoms with Gasteiger partial charge in [0, 0.05) is 10.9 Å². The van der Waals surface area contributed by atoms with Crippen LogP contribution in [0.3, 0.4) is 0 Å². The van der Waals surface area contributed by atoms with Crippen molar-refractivity contribution in [3.63, 3.8) is 0 Å². The predicted octanol–water partition coefficient (Wildman–Crippen LogP) is 4.46. The zero-order valence-corrected chi connectivity index (χ0v) is 10.4. The Morgan fingerprint density at radius 2 is 1.61 bits per heavy atom.